The Hall–Kier alpha value is -1.89. The van der Waals surface area contributed by atoms with Crippen molar-refractivity contribution >= 4 is 27.5 Å². The molecule has 1 aliphatic carbocycles. The molecular formula is C19H21ClN2O3S. The molecule has 0 radical (unpaired) electrons. The van der Waals surface area contributed by atoms with Gasteiger partial charge in [-0.05, 0) is 48.7 Å². The van der Waals surface area contributed by atoms with E-state index in [9.17, 15) is 13.2 Å². The lowest BCUT2D eigenvalue weighted by molar-refractivity contribution is 0.0729. The van der Waals surface area contributed by atoms with Gasteiger partial charge in [-0.15, -0.1) is 0 Å². The van der Waals surface area contributed by atoms with Crippen LogP contribution in [0.4, 0.5) is 0 Å². The van der Waals surface area contributed by atoms with Crippen LogP contribution in [0.1, 0.15) is 35.7 Å². The molecule has 0 heterocycles. The van der Waals surface area contributed by atoms with Crippen molar-refractivity contribution in [2.45, 2.75) is 37.2 Å². The number of rotatable bonds is 7. The third-order valence-corrected chi connectivity index (χ3v) is 6.04. The molecule has 0 bridgehead atoms. The molecular weight excluding hydrogens is 372 g/mol. The van der Waals surface area contributed by atoms with Gasteiger partial charge in [0, 0.05) is 29.7 Å². The summed E-state index contributed by atoms with van der Waals surface area (Å²) in [4.78, 5) is 14.9. The second-order valence-electron chi connectivity index (χ2n) is 6.32. The van der Waals surface area contributed by atoms with Crippen molar-refractivity contribution in [2.75, 3.05) is 6.54 Å². The Morgan fingerprint density at radius 3 is 2.50 bits per heavy atom. The summed E-state index contributed by atoms with van der Waals surface area (Å²) in [6.45, 7) is 2.49. The molecule has 138 valence electrons. The van der Waals surface area contributed by atoms with Gasteiger partial charge in [-0.25, -0.2) is 13.1 Å². The van der Waals surface area contributed by atoms with Gasteiger partial charge in [0.2, 0.25) is 10.0 Å². The molecule has 1 aliphatic rings. The highest BCUT2D eigenvalue weighted by Crippen LogP contribution is 2.30. The zero-order valence-electron chi connectivity index (χ0n) is 14.5. The minimum Gasteiger partial charge on any atom is -0.331 e. The molecule has 26 heavy (non-hydrogen) atoms. The zero-order valence-corrected chi connectivity index (χ0v) is 16.1. The van der Waals surface area contributed by atoms with Crippen LogP contribution < -0.4 is 4.72 Å². The Bertz CT molecular complexity index is 893. The van der Waals surface area contributed by atoms with Gasteiger partial charge in [0.25, 0.3) is 5.91 Å². The van der Waals surface area contributed by atoms with E-state index >= 15 is 0 Å². The van der Waals surface area contributed by atoms with Crippen LogP contribution in [0.3, 0.4) is 0 Å². The highest BCUT2D eigenvalue weighted by Gasteiger charge is 2.33. The lowest BCUT2D eigenvalue weighted by atomic mass is 10.1. The summed E-state index contributed by atoms with van der Waals surface area (Å²) in [5.41, 5.74) is 1.37. The van der Waals surface area contributed by atoms with Gasteiger partial charge >= 0.3 is 0 Å². The van der Waals surface area contributed by atoms with Gasteiger partial charge < -0.3 is 4.90 Å². The van der Waals surface area contributed by atoms with Gasteiger partial charge in [0.15, 0.2) is 0 Å². The standard InChI is InChI=1S/C19H21ClN2O3S/c1-2-21-26(24,25)18-5-3-4-15(12-18)19(23)22(17-10-11-17)13-14-6-8-16(20)9-7-14/h3-9,12,17,21H,2,10-11,13H2,1H3. The van der Waals surface area contributed by atoms with E-state index in [4.69, 9.17) is 11.6 Å². The highest BCUT2D eigenvalue weighted by atomic mass is 35.5. The molecule has 7 heteroatoms. The van der Waals surface area contributed by atoms with Crippen molar-refractivity contribution in [1.82, 2.24) is 9.62 Å². The van der Waals surface area contributed by atoms with E-state index in [-0.39, 0.29) is 16.8 Å². The molecule has 1 N–H and O–H groups in total. The SMILES string of the molecule is CCNS(=O)(=O)c1cccc(C(=O)N(Cc2ccc(Cl)cc2)C2CC2)c1. The average molecular weight is 393 g/mol. The molecule has 1 amide bonds. The number of amides is 1. The molecule has 0 saturated heterocycles. The molecule has 0 atom stereocenters. The molecule has 5 nitrogen and oxygen atoms in total. The Morgan fingerprint density at radius 1 is 1.19 bits per heavy atom. The Kier molecular flexibility index (Phi) is 5.65. The first-order valence-electron chi connectivity index (χ1n) is 8.56. The largest absolute Gasteiger partial charge is 0.331 e. The van der Waals surface area contributed by atoms with Gasteiger partial charge in [-0.1, -0.05) is 36.7 Å². The maximum Gasteiger partial charge on any atom is 0.254 e. The summed E-state index contributed by atoms with van der Waals surface area (Å²) in [5, 5.41) is 0.652. The van der Waals surface area contributed by atoms with Crippen molar-refractivity contribution in [2.24, 2.45) is 0 Å². The van der Waals surface area contributed by atoms with Crippen LogP contribution in [0.2, 0.25) is 5.02 Å². The maximum atomic E-state index is 13.0. The van der Waals surface area contributed by atoms with Crippen LogP contribution in [0.25, 0.3) is 0 Å². The van der Waals surface area contributed by atoms with Crippen molar-refractivity contribution in [3.05, 3.63) is 64.7 Å². The van der Waals surface area contributed by atoms with Crippen molar-refractivity contribution in [3.8, 4) is 0 Å². The maximum absolute atomic E-state index is 13.0. The summed E-state index contributed by atoms with van der Waals surface area (Å²) in [6.07, 6.45) is 1.93. The fraction of sp³-hybridized carbons (Fsp3) is 0.316. The van der Waals surface area contributed by atoms with Crippen LogP contribution in [-0.4, -0.2) is 31.8 Å². The van der Waals surface area contributed by atoms with E-state index in [1.807, 2.05) is 17.0 Å². The van der Waals surface area contributed by atoms with Gasteiger partial charge in [-0.3, -0.25) is 4.79 Å². The first-order valence-corrected chi connectivity index (χ1v) is 10.4. The van der Waals surface area contributed by atoms with Crippen molar-refractivity contribution in [3.63, 3.8) is 0 Å². The van der Waals surface area contributed by atoms with E-state index in [1.54, 1.807) is 31.2 Å². The number of carbonyl (C=O) groups is 1. The number of nitrogens with zero attached hydrogens (tertiary/aromatic N) is 1. The monoisotopic (exact) mass is 392 g/mol. The summed E-state index contributed by atoms with van der Waals surface area (Å²) < 4.78 is 26.8. The van der Waals surface area contributed by atoms with E-state index in [1.165, 1.54) is 12.1 Å². The lowest BCUT2D eigenvalue weighted by Crippen LogP contribution is -2.33. The second kappa shape index (κ2) is 7.78. The number of halogens is 1. The van der Waals surface area contributed by atoms with Gasteiger partial charge in [-0.2, -0.15) is 0 Å². The number of hydrogen-bond acceptors (Lipinski definition) is 3. The Labute approximate surface area is 159 Å². The quantitative estimate of drug-likeness (QED) is 0.784. The summed E-state index contributed by atoms with van der Waals surface area (Å²) in [6, 6.07) is 13.8. The third kappa shape index (κ3) is 4.44. The molecule has 1 saturated carbocycles. The average Bonchev–Trinajstić information content (AvgIpc) is 3.46. The number of nitrogens with one attached hydrogen (secondary N) is 1. The first-order chi connectivity index (χ1) is 12.4. The number of hydrogen-bond donors (Lipinski definition) is 1. The molecule has 1 fully saturated rings. The number of carbonyl (C=O) groups excluding carboxylic acids is 1. The van der Waals surface area contributed by atoms with Crippen LogP contribution in [0, 0.1) is 0 Å². The van der Waals surface area contributed by atoms with Crippen molar-refractivity contribution < 1.29 is 13.2 Å². The van der Waals surface area contributed by atoms with Crippen LogP contribution in [-0.2, 0) is 16.6 Å². The van der Waals surface area contributed by atoms with E-state index in [2.05, 4.69) is 4.72 Å². The fourth-order valence-corrected chi connectivity index (χ4v) is 3.99. The van der Waals surface area contributed by atoms with Crippen molar-refractivity contribution in [1.29, 1.82) is 0 Å². The van der Waals surface area contributed by atoms with E-state index in [0.29, 0.717) is 23.7 Å². The normalized spacial score (nSPS) is 14.2. The third-order valence-electron chi connectivity index (χ3n) is 4.24. The summed E-state index contributed by atoms with van der Waals surface area (Å²) in [7, 11) is -3.60. The molecule has 0 unspecified atom stereocenters. The summed E-state index contributed by atoms with van der Waals surface area (Å²) in [5.74, 6) is -0.156. The molecule has 2 aromatic carbocycles. The van der Waals surface area contributed by atoms with E-state index < -0.39 is 10.0 Å². The molecule has 0 aliphatic heterocycles. The Morgan fingerprint density at radius 2 is 1.88 bits per heavy atom. The van der Waals surface area contributed by atoms with Crippen LogP contribution in [0.5, 0.6) is 0 Å². The fourth-order valence-electron chi connectivity index (χ4n) is 2.77. The predicted octanol–water partition coefficient (Wildman–Crippen LogP) is 3.44. The van der Waals surface area contributed by atoms with Crippen LogP contribution >= 0.6 is 11.6 Å². The number of sulfonamides is 1. The van der Waals surface area contributed by atoms with Crippen LogP contribution in [0.15, 0.2) is 53.4 Å². The smallest absolute Gasteiger partial charge is 0.254 e. The highest BCUT2D eigenvalue weighted by molar-refractivity contribution is 7.89. The first kappa shape index (κ1) is 18.9. The zero-order chi connectivity index (χ0) is 18.7. The molecule has 0 spiro atoms. The molecule has 0 aromatic heterocycles. The lowest BCUT2D eigenvalue weighted by Gasteiger charge is -2.23. The van der Waals surface area contributed by atoms with Gasteiger partial charge in [0.05, 0.1) is 4.90 Å². The number of benzene rings is 2. The minimum absolute atomic E-state index is 0.104. The second-order valence-corrected chi connectivity index (χ2v) is 8.52. The Balaban J connectivity index is 1.85. The molecule has 2 aromatic rings. The predicted molar refractivity (Wildman–Crippen MR) is 102 cm³/mol. The minimum atomic E-state index is -3.60. The van der Waals surface area contributed by atoms with Gasteiger partial charge in [0.1, 0.15) is 0 Å². The summed E-state index contributed by atoms with van der Waals surface area (Å²) >= 11 is 5.92. The van der Waals surface area contributed by atoms with E-state index in [0.717, 1.165) is 18.4 Å². The topological polar surface area (TPSA) is 66.5 Å². The molecule has 3 rings (SSSR count).